The molecule has 0 fully saturated rings. The summed E-state index contributed by atoms with van der Waals surface area (Å²) in [5.41, 5.74) is 4.67. The molecule has 3 rings (SSSR count). The Morgan fingerprint density at radius 3 is 3.16 bits per heavy atom. The van der Waals surface area contributed by atoms with E-state index in [1.54, 1.807) is 0 Å². The Labute approximate surface area is 117 Å². The molecular weight excluding hydrogens is 256 g/mol. The standard InChI is InChI=1S/C14H16N4S/c1-10-3-2-4-12(16-10)9-18-6-5-13-11(8-18)7-15-14(19)17-13/h2-4,7H,5-6,8-9H2,1H3,(H,15,17,19). The Balaban J connectivity index is 1.75. The van der Waals surface area contributed by atoms with Gasteiger partial charge < -0.3 is 4.98 Å². The molecule has 0 amide bonds. The van der Waals surface area contributed by atoms with Gasteiger partial charge in [0, 0.05) is 49.2 Å². The van der Waals surface area contributed by atoms with Crippen molar-refractivity contribution in [2.75, 3.05) is 6.54 Å². The number of hydrogen-bond donors (Lipinski definition) is 1. The van der Waals surface area contributed by atoms with Gasteiger partial charge in [0.05, 0.1) is 5.69 Å². The molecule has 0 radical (unpaired) electrons. The van der Waals surface area contributed by atoms with Crippen molar-refractivity contribution in [1.82, 2.24) is 19.9 Å². The van der Waals surface area contributed by atoms with Crippen LogP contribution in [0.5, 0.6) is 0 Å². The van der Waals surface area contributed by atoms with E-state index < -0.39 is 0 Å². The van der Waals surface area contributed by atoms with Crippen molar-refractivity contribution in [2.45, 2.75) is 26.4 Å². The van der Waals surface area contributed by atoms with Crippen LogP contribution in [0.25, 0.3) is 0 Å². The van der Waals surface area contributed by atoms with Gasteiger partial charge >= 0.3 is 0 Å². The molecule has 0 bridgehead atoms. The monoisotopic (exact) mass is 272 g/mol. The molecule has 1 aliphatic heterocycles. The first kappa shape index (κ1) is 12.4. The number of aromatic nitrogens is 3. The number of pyridine rings is 1. The molecule has 2 aromatic rings. The fraction of sp³-hybridized carbons (Fsp3) is 0.357. The summed E-state index contributed by atoms with van der Waals surface area (Å²) in [4.78, 5) is 14.3. The molecule has 0 aliphatic carbocycles. The van der Waals surface area contributed by atoms with Gasteiger partial charge in [-0.2, -0.15) is 0 Å². The van der Waals surface area contributed by atoms with Crippen LogP contribution in [0.1, 0.15) is 22.6 Å². The second-order valence-corrected chi connectivity index (χ2v) is 5.31. The lowest BCUT2D eigenvalue weighted by atomic mass is 10.1. The Bertz CT molecular complexity index is 650. The van der Waals surface area contributed by atoms with Crippen molar-refractivity contribution in [2.24, 2.45) is 0 Å². The number of fused-ring (bicyclic) bond motifs is 1. The zero-order valence-corrected chi connectivity index (χ0v) is 11.7. The topological polar surface area (TPSA) is 44.8 Å². The molecule has 5 heteroatoms. The first-order valence-corrected chi connectivity index (χ1v) is 6.83. The van der Waals surface area contributed by atoms with Crippen molar-refractivity contribution in [3.05, 3.63) is 51.8 Å². The van der Waals surface area contributed by atoms with Crippen LogP contribution >= 0.6 is 12.2 Å². The van der Waals surface area contributed by atoms with Crippen LogP contribution in [0.2, 0.25) is 0 Å². The van der Waals surface area contributed by atoms with E-state index in [2.05, 4.69) is 32.0 Å². The van der Waals surface area contributed by atoms with E-state index in [4.69, 9.17) is 12.2 Å². The number of rotatable bonds is 2. The Hall–Kier alpha value is -1.59. The zero-order valence-electron chi connectivity index (χ0n) is 10.9. The van der Waals surface area contributed by atoms with Gasteiger partial charge in [-0.3, -0.25) is 9.88 Å². The molecule has 0 spiro atoms. The lowest BCUT2D eigenvalue weighted by molar-refractivity contribution is 0.240. The molecule has 0 saturated carbocycles. The zero-order chi connectivity index (χ0) is 13.2. The lowest BCUT2D eigenvalue weighted by Gasteiger charge is -2.27. The van der Waals surface area contributed by atoms with Crippen LogP contribution in [0.3, 0.4) is 0 Å². The first-order valence-electron chi connectivity index (χ1n) is 6.43. The van der Waals surface area contributed by atoms with Gasteiger partial charge in [0.15, 0.2) is 4.77 Å². The number of nitrogens with zero attached hydrogens (tertiary/aromatic N) is 3. The van der Waals surface area contributed by atoms with Gasteiger partial charge in [0.2, 0.25) is 0 Å². The van der Waals surface area contributed by atoms with E-state index in [0.29, 0.717) is 4.77 Å². The molecule has 98 valence electrons. The summed E-state index contributed by atoms with van der Waals surface area (Å²) in [5.74, 6) is 0. The van der Waals surface area contributed by atoms with Crippen molar-refractivity contribution in [3.63, 3.8) is 0 Å². The lowest BCUT2D eigenvalue weighted by Crippen LogP contribution is -2.31. The first-order chi connectivity index (χ1) is 9.20. The quantitative estimate of drug-likeness (QED) is 0.853. The van der Waals surface area contributed by atoms with Gasteiger partial charge in [-0.25, -0.2) is 4.98 Å². The van der Waals surface area contributed by atoms with Gasteiger partial charge in [0.25, 0.3) is 0 Å². The summed E-state index contributed by atoms with van der Waals surface area (Å²) in [6, 6.07) is 6.17. The van der Waals surface area contributed by atoms with Gasteiger partial charge in [-0.1, -0.05) is 6.07 Å². The van der Waals surface area contributed by atoms with Crippen LogP contribution in [0.15, 0.2) is 24.4 Å². The Morgan fingerprint density at radius 2 is 2.32 bits per heavy atom. The Kier molecular flexibility index (Phi) is 3.40. The maximum absolute atomic E-state index is 5.06. The maximum Gasteiger partial charge on any atom is 0.196 e. The number of aromatic amines is 1. The van der Waals surface area contributed by atoms with E-state index >= 15 is 0 Å². The molecule has 0 saturated heterocycles. The molecule has 19 heavy (non-hydrogen) atoms. The second kappa shape index (κ2) is 5.19. The summed E-state index contributed by atoms with van der Waals surface area (Å²) in [5, 5.41) is 0. The van der Waals surface area contributed by atoms with E-state index in [9.17, 15) is 0 Å². The van der Waals surface area contributed by atoms with Crippen molar-refractivity contribution >= 4 is 12.2 Å². The average Bonchev–Trinajstić information content (AvgIpc) is 2.39. The third-order valence-corrected chi connectivity index (χ3v) is 3.59. The molecule has 1 N–H and O–H groups in total. The van der Waals surface area contributed by atoms with Gasteiger partial charge in [-0.05, 0) is 31.3 Å². The number of H-pyrrole nitrogens is 1. The molecule has 0 unspecified atom stereocenters. The van der Waals surface area contributed by atoms with Crippen LogP contribution < -0.4 is 0 Å². The molecule has 3 heterocycles. The third kappa shape index (κ3) is 2.88. The molecule has 2 aromatic heterocycles. The predicted octanol–water partition coefficient (Wildman–Crippen LogP) is 2.40. The highest BCUT2D eigenvalue weighted by Gasteiger charge is 2.17. The summed E-state index contributed by atoms with van der Waals surface area (Å²) in [6.07, 6.45) is 2.89. The minimum atomic E-state index is 0.576. The summed E-state index contributed by atoms with van der Waals surface area (Å²) < 4.78 is 0.576. The fourth-order valence-electron chi connectivity index (χ4n) is 2.46. The van der Waals surface area contributed by atoms with E-state index in [1.165, 1.54) is 11.3 Å². The van der Waals surface area contributed by atoms with Crippen LogP contribution in [0, 0.1) is 11.7 Å². The minimum Gasteiger partial charge on any atom is -0.334 e. The number of nitrogens with one attached hydrogen (secondary N) is 1. The molecule has 0 atom stereocenters. The van der Waals surface area contributed by atoms with Crippen molar-refractivity contribution in [1.29, 1.82) is 0 Å². The summed E-state index contributed by atoms with van der Waals surface area (Å²) in [7, 11) is 0. The molecule has 4 nitrogen and oxygen atoms in total. The highest BCUT2D eigenvalue weighted by Crippen LogP contribution is 2.17. The smallest absolute Gasteiger partial charge is 0.196 e. The second-order valence-electron chi connectivity index (χ2n) is 4.92. The normalized spacial score (nSPS) is 15.2. The van der Waals surface area contributed by atoms with Crippen molar-refractivity contribution in [3.8, 4) is 0 Å². The predicted molar refractivity (Wildman–Crippen MR) is 76.2 cm³/mol. The number of hydrogen-bond acceptors (Lipinski definition) is 4. The van der Waals surface area contributed by atoms with E-state index in [1.807, 2.05) is 19.2 Å². The van der Waals surface area contributed by atoms with Gasteiger partial charge in [-0.15, -0.1) is 0 Å². The average molecular weight is 272 g/mol. The van der Waals surface area contributed by atoms with E-state index in [0.717, 1.165) is 37.4 Å². The van der Waals surface area contributed by atoms with Crippen molar-refractivity contribution < 1.29 is 0 Å². The summed E-state index contributed by atoms with van der Waals surface area (Å²) >= 11 is 5.06. The van der Waals surface area contributed by atoms with Gasteiger partial charge in [0.1, 0.15) is 0 Å². The fourth-order valence-corrected chi connectivity index (χ4v) is 2.63. The van der Waals surface area contributed by atoms with Crippen LogP contribution in [0.4, 0.5) is 0 Å². The highest BCUT2D eigenvalue weighted by atomic mass is 32.1. The largest absolute Gasteiger partial charge is 0.334 e. The van der Waals surface area contributed by atoms with Crippen LogP contribution in [-0.2, 0) is 19.5 Å². The van der Waals surface area contributed by atoms with E-state index in [-0.39, 0.29) is 0 Å². The highest BCUT2D eigenvalue weighted by molar-refractivity contribution is 7.71. The SMILES string of the molecule is Cc1cccc(CN2CCc3[nH]c(=S)ncc3C2)n1. The maximum atomic E-state index is 5.06. The molecular formula is C14H16N4S. The minimum absolute atomic E-state index is 0.576. The molecule has 1 aliphatic rings. The Morgan fingerprint density at radius 1 is 1.42 bits per heavy atom. The van der Waals surface area contributed by atoms with Crippen LogP contribution in [-0.4, -0.2) is 26.4 Å². The molecule has 0 aromatic carbocycles. The summed E-state index contributed by atoms with van der Waals surface area (Å²) in [6.45, 7) is 4.84. The number of aryl methyl sites for hydroxylation is 1. The third-order valence-electron chi connectivity index (χ3n) is 3.39.